The monoisotopic (exact) mass is 199 g/mol. The molecule has 0 spiro atoms. The minimum atomic E-state index is 0.179. The quantitative estimate of drug-likeness (QED) is 0.665. The average molecular weight is 199 g/mol. The van der Waals surface area contributed by atoms with Gasteiger partial charge in [-0.1, -0.05) is 5.16 Å². The van der Waals surface area contributed by atoms with Crippen LogP contribution in [-0.2, 0) is 4.84 Å². The zero-order chi connectivity index (χ0) is 10.8. The van der Waals surface area contributed by atoms with Crippen molar-refractivity contribution in [2.24, 2.45) is 16.8 Å². The van der Waals surface area contributed by atoms with Crippen LogP contribution < -0.4 is 5.73 Å². The van der Waals surface area contributed by atoms with Crippen LogP contribution in [0.4, 0.5) is 0 Å². The molecule has 1 unspecified atom stereocenters. The number of nitrogens with zero attached hydrogens (tertiary/aromatic N) is 2. The van der Waals surface area contributed by atoms with Crippen molar-refractivity contribution in [3.05, 3.63) is 0 Å². The van der Waals surface area contributed by atoms with Crippen LogP contribution in [0.15, 0.2) is 5.16 Å². The second-order valence-electron chi connectivity index (χ2n) is 4.75. The zero-order valence-corrected chi connectivity index (χ0v) is 9.58. The summed E-state index contributed by atoms with van der Waals surface area (Å²) < 4.78 is 0. The van der Waals surface area contributed by atoms with Crippen LogP contribution in [0.25, 0.3) is 0 Å². The third-order valence-electron chi connectivity index (χ3n) is 2.71. The van der Waals surface area contributed by atoms with E-state index in [-0.39, 0.29) is 5.54 Å². The van der Waals surface area contributed by atoms with Crippen molar-refractivity contribution in [2.75, 3.05) is 26.7 Å². The van der Waals surface area contributed by atoms with Crippen LogP contribution in [0, 0.1) is 5.92 Å². The highest BCUT2D eigenvalue weighted by Crippen LogP contribution is 2.22. The Balaban J connectivity index is 2.70. The average Bonchev–Trinajstić information content (AvgIpc) is 2.47. The summed E-state index contributed by atoms with van der Waals surface area (Å²) >= 11 is 0. The molecule has 0 aromatic rings. The van der Waals surface area contributed by atoms with Gasteiger partial charge in [-0.15, -0.1) is 0 Å². The maximum absolute atomic E-state index is 5.70. The molecule has 0 aliphatic carbocycles. The summed E-state index contributed by atoms with van der Waals surface area (Å²) in [7, 11) is 1.58. The maximum Gasteiger partial charge on any atom is 0.106 e. The van der Waals surface area contributed by atoms with Gasteiger partial charge in [-0.25, -0.2) is 0 Å². The Morgan fingerprint density at radius 2 is 2.21 bits per heavy atom. The number of nitrogens with two attached hydrogens (primary N) is 1. The van der Waals surface area contributed by atoms with E-state index in [9.17, 15) is 0 Å². The molecular weight excluding hydrogens is 178 g/mol. The minimum absolute atomic E-state index is 0.179. The molecule has 1 fully saturated rings. The van der Waals surface area contributed by atoms with Crippen molar-refractivity contribution < 1.29 is 4.84 Å². The molecule has 0 radical (unpaired) electrons. The van der Waals surface area contributed by atoms with E-state index in [0.717, 1.165) is 18.8 Å². The van der Waals surface area contributed by atoms with Crippen LogP contribution in [-0.4, -0.2) is 42.9 Å². The predicted molar refractivity (Wildman–Crippen MR) is 58.3 cm³/mol. The number of oxime groups is 1. The molecule has 0 aromatic carbocycles. The van der Waals surface area contributed by atoms with Crippen molar-refractivity contribution >= 4 is 5.71 Å². The summed E-state index contributed by atoms with van der Waals surface area (Å²) in [5, 5.41) is 4.03. The largest absolute Gasteiger partial charge is 0.399 e. The highest BCUT2D eigenvalue weighted by molar-refractivity contribution is 5.90. The molecule has 14 heavy (non-hydrogen) atoms. The van der Waals surface area contributed by atoms with Crippen molar-refractivity contribution in [3.8, 4) is 0 Å². The fourth-order valence-electron chi connectivity index (χ4n) is 1.70. The smallest absolute Gasteiger partial charge is 0.106 e. The third-order valence-corrected chi connectivity index (χ3v) is 2.71. The first-order chi connectivity index (χ1) is 6.49. The summed E-state index contributed by atoms with van der Waals surface area (Å²) in [4.78, 5) is 7.20. The van der Waals surface area contributed by atoms with Gasteiger partial charge in [-0.2, -0.15) is 0 Å². The molecule has 82 valence electrons. The lowest BCUT2D eigenvalue weighted by Gasteiger charge is -2.31. The number of rotatable bonds is 2. The molecule has 1 saturated heterocycles. The van der Waals surface area contributed by atoms with E-state index in [0.29, 0.717) is 12.5 Å². The lowest BCUT2D eigenvalue weighted by Crippen LogP contribution is -2.40. The molecule has 1 heterocycles. The second-order valence-corrected chi connectivity index (χ2v) is 4.75. The van der Waals surface area contributed by atoms with Gasteiger partial charge in [0, 0.05) is 31.1 Å². The van der Waals surface area contributed by atoms with Gasteiger partial charge < -0.3 is 10.6 Å². The molecule has 1 atom stereocenters. The Labute approximate surface area is 86.1 Å². The van der Waals surface area contributed by atoms with E-state index in [2.05, 4.69) is 30.8 Å². The number of hydrogen-bond acceptors (Lipinski definition) is 4. The van der Waals surface area contributed by atoms with Crippen LogP contribution in [0.1, 0.15) is 20.8 Å². The Morgan fingerprint density at radius 3 is 2.64 bits per heavy atom. The standard InChI is InChI=1S/C10H21N3O/c1-10(2,3)13-6-8(5-11)9(7-13)12-14-4/h8H,5-7,11H2,1-4H3/b12-9+. The summed E-state index contributed by atoms with van der Waals surface area (Å²) in [6.45, 7) is 9.12. The highest BCUT2D eigenvalue weighted by Gasteiger charge is 2.34. The van der Waals surface area contributed by atoms with Gasteiger partial charge in [0.2, 0.25) is 0 Å². The lowest BCUT2D eigenvalue weighted by atomic mass is 10.1. The Hall–Kier alpha value is -0.610. The molecule has 0 aromatic heterocycles. The van der Waals surface area contributed by atoms with Crippen molar-refractivity contribution in [1.82, 2.24) is 4.90 Å². The van der Waals surface area contributed by atoms with E-state index in [1.165, 1.54) is 0 Å². The summed E-state index contributed by atoms with van der Waals surface area (Å²) in [5.41, 5.74) is 6.95. The van der Waals surface area contributed by atoms with Gasteiger partial charge in [-0.3, -0.25) is 4.90 Å². The van der Waals surface area contributed by atoms with E-state index in [4.69, 9.17) is 10.6 Å². The molecule has 0 amide bonds. The molecule has 1 aliphatic heterocycles. The Morgan fingerprint density at radius 1 is 1.57 bits per heavy atom. The Bertz CT molecular complexity index is 220. The minimum Gasteiger partial charge on any atom is -0.399 e. The van der Waals surface area contributed by atoms with Crippen molar-refractivity contribution in [3.63, 3.8) is 0 Å². The van der Waals surface area contributed by atoms with Crippen LogP contribution in [0.2, 0.25) is 0 Å². The first-order valence-corrected chi connectivity index (χ1v) is 5.04. The van der Waals surface area contributed by atoms with Gasteiger partial charge in [0.25, 0.3) is 0 Å². The highest BCUT2D eigenvalue weighted by atomic mass is 16.6. The molecule has 0 bridgehead atoms. The number of likely N-dealkylation sites (tertiary alicyclic amines) is 1. The van der Waals surface area contributed by atoms with Crippen LogP contribution in [0.5, 0.6) is 0 Å². The molecule has 1 rings (SSSR count). The first-order valence-electron chi connectivity index (χ1n) is 5.04. The van der Waals surface area contributed by atoms with E-state index < -0.39 is 0 Å². The van der Waals surface area contributed by atoms with Crippen molar-refractivity contribution in [2.45, 2.75) is 26.3 Å². The Kier molecular flexibility index (Phi) is 3.50. The molecule has 1 aliphatic rings. The summed E-state index contributed by atoms with van der Waals surface area (Å²) in [5.74, 6) is 0.356. The fraction of sp³-hybridized carbons (Fsp3) is 0.900. The fourth-order valence-corrected chi connectivity index (χ4v) is 1.70. The van der Waals surface area contributed by atoms with Gasteiger partial charge in [0.15, 0.2) is 0 Å². The van der Waals surface area contributed by atoms with Gasteiger partial charge >= 0.3 is 0 Å². The SMILES string of the molecule is CO/N=C1\CN(C(C)(C)C)CC1CN. The van der Waals surface area contributed by atoms with E-state index in [1.807, 2.05) is 0 Å². The van der Waals surface area contributed by atoms with E-state index >= 15 is 0 Å². The molecule has 0 saturated carbocycles. The second kappa shape index (κ2) is 4.28. The normalized spacial score (nSPS) is 27.2. The molecule has 4 heteroatoms. The predicted octanol–water partition coefficient (Wildman–Crippen LogP) is 0.678. The van der Waals surface area contributed by atoms with Gasteiger partial charge in [0.1, 0.15) is 7.11 Å². The van der Waals surface area contributed by atoms with Crippen LogP contribution in [0.3, 0.4) is 0 Å². The number of hydrogen-bond donors (Lipinski definition) is 1. The molecule has 4 nitrogen and oxygen atoms in total. The first kappa shape index (κ1) is 11.5. The lowest BCUT2D eigenvalue weighted by molar-refractivity contribution is 0.171. The van der Waals surface area contributed by atoms with Crippen molar-refractivity contribution in [1.29, 1.82) is 0 Å². The summed E-state index contributed by atoms with van der Waals surface area (Å²) in [6.07, 6.45) is 0. The molecule has 2 N–H and O–H groups in total. The molecular formula is C10H21N3O. The third kappa shape index (κ3) is 2.45. The van der Waals surface area contributed by atoms with Gasteiger partial charge in [-0.05, 0) is 20.8 Å². The maximum atomic E-state index is 5.70. The van der Waals surface area contributed by atoms with Gasteiger partial charge in [0.05, 0.1) is 5.71 Å². The zero-order valence-electron chi connectivity index (χ0n) is 9.58. The van der Waals surface area contributed by atoms with Crippen LogP contribution >= 0.6 is 0 Å². The topological polar surface area (TPSA) is 50.8 Å². The summed E-state index contributed by atoms with van der Waals surface area (Å²) in [6, 6.07) is 0. The van der Waals surface area contributed by atoms with E-state index in [1.54, 1.807) is 7.11 Å².